The van der Waals surface area contributed by atoms with Gasteiger partial charge >= 0.3 is 5.69 Å². The molecule has 100 valence electrons. The third kappa shape index (κ3) is 3.80. The van der Waals surface area contributed by atoms with Crippen molar-refractivity contribution >= 4 is 23.1 Å². The molecule has 0 aliphatic heterocycles. The van der Waals surface area contributed by atoms with E-state index in [9.17, 15) is 10.1 Å². The number of benzene rings is 1. The zero-order valence-electron chi connectivity index (χ0n) is 10.8. The summed E-state index contributed by atoms with van der Waals surface area (Å²) < 4.78 is 5.04. The molecule has 0 spiro atoms. The van der Waals surface area contributed by atoms with Crippen LogP contribution in [-0.2, 0) is 0 Å². The van der Waals surface area contributed by atoms with E-state index in [2.05, 4.69) is 18.5 Å². The third-order valence-corrected chi connectivity index (χ3v) is 3.34. The molecule has 1 aromatic rings. The van der Waals surface area contributed by atoms with E-state index in [1.807, 2.05) is 0 Å². The lowest BCUT2D eigenvalue weighted by atomic mass is 10.2. The van der Waals surface area contributed by atoms with E-state index in [0.29, 0.717) is 6.04 Å². The number of nitro groups is 1. The topological polar surface area (TPSA) is 64.4 Å². The Hall–Kier alpha value is -1.43. The van der Waals surface area contributed by atoms with E-state index >= 15 is 0 Å². The molecule has 5 nitrogen and oxygen atoms in total. The summed E-state index contributed by atoms with van der Waals surface area (Å²) in [6.07, 6.45) is 3.06. The molecule has 0 aliphatic rings. The van der Waals surface area contributed by atoms with Crippen LogP contribution in [-0.4, -0.2) is 30.1 Å². The van der Waals surface area contributed by atoms with Gasteiger partial charge in [0, 0.05) is 29.6 Å². The summed E-state index contributed by atoms with van der Waals surface area (Å²) in [5, 5.41) is 14.1. The predicted octanol–water partition coefficient (Wildman–Crippen LogP) is 3.16. The Morgan fingerprint density at radius 2 is 2.28 bits per heavy atom. The lowest BCUT2D eigenvalue weighted by Crippen LogP contribution is -2.21. The maximum atomic E-state index is 10.8. The van der Waals surface area contributed by atoms with Crippen LogP contribution < -0.4 is 10.1 Å². The van der Waals surface area contributed by atoms with E-state index in [4.69, 9.17) is 4.74 Å². The van der Waals surface area contributed by atoms with Gasteiger partial charge < -0.3 is 10.1 Å². The van der Waals surface area contributed by atoms with Crippen LogP contribution in [0.25, 0.3) is 0 Å². The lowest BCUT2D eigenvalue weighted by molar-refractivity contribution is -0.385. The molecule has 0 amide bonds. The van der Waals surface area contributed by atoms with Crippen molar-refractivity contribution in [2.75, 3.05) is 24.4 Å². The Kier molecular flexibility index (Phi) is 5.77. The van der Waals surface area contributed by atoms with Crippen LogP contribution in [0.15, 0.2) is 18.2 Å². The molecule has 18 heavy (non-hydrogen) atoms. The molecule has 1 N–H and O–H groups in total. The van der Waals surface area contributed by atoms with Crippen molar-refractivity contribution in [3.63, 3.8) is 0 Å². The number of nitrogens with zero attached hydrogens (tertiary/aromatic N) is 1. The second kappa shape index (κ2) is 7.10. The lowest BCUT2D eigenvalue weighted by Gasteiger charge is -2.17. The first kappa shape index (κ1) is 14.6. The number of nitro benzene ring substituents is 1. The summed E-state index contributed by atoms with van der Waals surface area (Å²) in [6.45, 7) is 2.11. The third-order valence-electron chi connectivity index (χ3n) is 2.61. The summed E-state index contributed by atoms with van der Waals surface area (Å²) >= 11 is 1.77. The molecular weight excluding hydrogens is 252 g/mol. The number of hydrogen-bond donors (Lipinski definition) is 1. The summed E-state index contributed by atoms with van der Waals surface area (Å²) in [7, 11) is 1.44. The minimum Gasteiger partial charge on any atom is -0.490 e. The predicted molar refractivity (Wildman–Crippen MR) is 75.7 cm³/mol. The molecule has 0 radical (unpaired) electrons. The fourth-order valence-electron chi connectivity index (χ4n) is 1.62. The van der Waals surface area contributed by atoms with Gasteiger partial charge in [0.25, 0.3) is 0 Å². The zero-order chi connectivity index (χ0) is 13.5. The van der Waals surface area contributed by atoms with E-state index in [1.54, 1.807) is 23.9 Å². The number of thioether (sulfide) groups is 1. The molecule has 0 fully saturated rings. The van der Waals surface area contributed by atoms with Gasteiger partial charge in [-0.05, 0) is 18.7 Å². The number of ether oxygens (including phenoxy) is 1. The van der Waals surface area contributed by atoms with Crippen LogP contribution in [0.2, 0.25) is 0 Å². The van der Waals surface area contributed by atoms with Crippen molar-refractivity contribution in [2.24, 2.45) is 0 Å². The van der Waals surface area contributed by atoms with Gasteiger partial charge in [0.1, 0.15) is 0 Å². The van der Waals surface area contributed by atoms with E-state index in [1.165, 1.54) is 13.2 Å². The van der Waals surface area contributed by atoms with Crippen molar-refractivity contribution in [2.45, 2.75) is 19.4 Å². The van der Waals surface area contributed by atoms with E-state index in [0.717, 1.165) is 17.9 Å². The summed E-state index contributed by atoms with van der Waals surface area (Å²) in [4.78, 5) is 10.3. The molecule has 0 heterocycles. The van der Waals surface area contributed by atoms with Crippen LogP contribution in [0.5, 0.6) is 5.75 Å². The Balaban J connectivity index is 2.88. The molecule has 0 bridgehead atoms. The Labute approximate surface area is 111 Å². The Morgan fingerprint density at radius 3 is 2.78 bits per heavy atom. The van der Waals surface area contributed by atoms with Gasteiger partial charge in [-0.25, -0.2) is 0 Å². The number of hydrogen-bond acceptors (Lipinski definition) is 5. The summed E-state index contributed by atoms with van der Waals surface area (Å²) in [5.41, 5.74) is 0.833. The molecule has 0 aromatic heterocycles. The molecule has 1 atom stereocenters. The van der Waals surface area contributed by atoms with Gasteiger partial charge in [-0.15, -0.1) is 0 Å². The number of rotatable bonds is 7. The van der Waals surface area contributed by atoms with E-state index in [-0.39, 0.29) is 11.4 Å². The smallest absolute Gasteiger partial charge is 0.311 e. The average Bonchev–Trinajstić information content (AvgIpc) is 2.37. The summed E-state index contributed by atoms with van der Waals surface area (Å²) in [5.74, 6) is 1.28. The van der Waals surface area contributed by atoms with Crippen molar-refractivity contribution < 1.29 is 9.66 Å². The van der Waals surface area contributed by atoms with Crippen molar-refractivity contribution in [1.82, 2.24) is 0 Å². The Morgan fingerprint density at radius 1 is 1.56 bits per heavy atom. The summed E-state index contributed by atoms with van der Waals surface area (Å²) in [6, 6.07) is 5.20. The van der Waals surface area contributed by atoms with Crippen LogP contribution in [0, 0.1) is 10.1 Å². The zero-order valence-corrected chi connectivity index (χ0v) is 11.6. The largest absolute Gasteiger partial charge is 0.490 e. The highest BCUT2D eigenvalue weighted by atomic mass is 32.2. The quantitative estimate of drug-likeness (QED) is 0.609. The van der Waals surface area contributed by atoms with Gasteiger partial charge in [-0.3, -0.25) is 10.1 Å². The van der Waals surface area contributed by atoms with Crippen LogP contribution in [0.1, 0.15) is 13.3 Å². The second-order valence-electron chi connectivity index (χ2n) is 3.85. The maximum Gasteiger partial charge on any atom is 0.311 e. The molecule has 0 aliphatic carbocycles. The standard InChI is InChI=1S/C12H18N2O3S/c1-4-9(8-18-3)13-10-5-6-11(14(15)16)12(7-10)17-2/h5-7,9,13H,4,8H2,1-3H3. The minimum atomic E-state index is -0.443. The minimum absolute atomic E-state index is 0.0130. The average molecular weight is 270 g/mol. The highest BCUT2D eigenvalue weighted by Crippen LogP contribution is 2.30. The fraction of sp³-hybridized carbons (Fsp3) is 0.500. The van der Waals surface area contributed by atoms with Gasteiger partial charge in [-0.1, -0.05) is 6.92 Å². The highest BCUT2D eigenvalue weighted by molar-refractivity contribution is 7.98. The molecule has 1 rings (SSSR count). The first-order valence-electron chi connectivity index (χ1n) is 5.70. The van der Waals surface area contributed by atoms with Gasteiger partial charge in [-0.2, -0.15) is 11.8 Å². The normalized spacial score (nSPS) is 11.9. The monoisotopic (exact) mass is 270 g/mol. The molecule has 0 saturated heterocycles. The molecule has 1 unspecified atom stereocenters. The first-order valence-corrected chi connectivity index (χ1v) is 7.09. The second-order valence-corrected chi connectivity index (χ2v) is 4.76. The maximum absolute atomic E-state index is 10.8. The van der Waals surface area contributed by atoms with Crippen LogP contribution in [0.3, 0.4) is 0 Å². The fourth-order valence-corrected chi connectivity index (χ4v) is 2.34. The van der Waals surface area contributed by atoms with Crippen molar-refractivity contribution in [3.8, 4) is 5.75 Å². The molecule has 0 saturated carbocycles. The number of nitrogens with one attached hydrogen (secondary N) is 1. The van der Waals surface area contributed by atoms with Gasteiger partial charge in [0.15, 0.2) is 5.75 Å². The molecule has 1 aromatic carbocycles. The highest BCUT2D eigenvalue weighted by Gasteiger charge is 2.15. The van der Waals surface area contributed by atoms with E-state index < -0.39 is 4.92 Å². The molecule has 6 heteroatoms. The van der Waals surface area contributed by atoms with Crippen LogP contribution in [0.4, 0.5) is 11.4 Å². The number of anilines is 1. The van der Waals surface area contributed by atoms with Crippen molar-refractivity contribution in [1.29, 1.82) is 0 Å². The van der Waals surface area contributed by atoms with Crippen LogP contribution >= 0.6 is 11.8 Å². The SMILES string of the molecule is CCC(CSC)Nc1ccc([N+](=O)[O-])c(OC)c1. The van der Waals surface area contributed by atoms with Gasteiger partial charge in [0.2, 0.25) is 0 Å². The van der Waals surface area contributed by atoms with Crippen molar-refractivity contribution in [3.05, 3.63) is 28.3 Å². The first-order chi connectivity index (χ1) is 8.62. The van der Waals surface area contributed by atoms with Gasteiger partial charge in [0.05, 0.1) is 12.0 Å². The Bertz CT molecular complexity index is 412. The molecular formula is C12H18N2O3S. The number of methoxy groups -OCH3 is 1.